The number of nitrogens with zero attached hydrogens (tertiary/aromatic N) is 3. The molecule has 0 radical (unpaired) electrons. The molecule has 8 heteroatoms. The Kier molecular flexibility index (Phi) is 6.10. The zero-order valence-electron chi connectivity index (χ0n) is 14.6. The number of nitrogens with one attached hydrogen (secondary N) is 1. The van der Waals surface area contributed by atoms with Gasteiger partial charge in [-0.15, -0.1) is 0 Å². The molecule has 0 aromatic carbocycles. The lowest BCUT2D eigenvalue weighted by atomic mass is 10.1. The van der Waals surface area contributed by atoms with Gasteiger partial charge in [0.15, 0.2) is 0 Å². The van der Waals surface area contributed by atoms with Gasteiger partial charge in [0.25, 0.3) is 0 Å². The van der Waals surface area contributed by atoms with Crippen molar-refractivity contribution in [1.82, 2.24) is 15.3 Å². The molecular weight excluding hydrogens is 332 g/mol. The summed E-state index contributed by atoms with van der Waals surface area (Å²) >= 11 is 6.05. The normalized spacial score (nSPS) is 18.2. The van der Waals surface area contributed by atoms with Gasteiger partial charge in [0.2, 0.25) is 0 Å². The maximum absolute atomic E-state index is 11.9. The molecule has 1 fully saturated rings. The first-order chi connectivity index (χ1) is 11.3. The summed E-state index contributed by atoms with van der Waals surface area (Å²) < 4.78 is 10.7. The van der Waals surface area contributed by atoms with Crippen molar-refractivity contribution in [3.05, 3.63) is 11.2 Å². The minimum Gasteiger partial charge on any atom is -0.464 e. The molecular formula is C16H25ClN4O3. The third kappa shape index (κ3) is 5.70. The fourth-order valence-electron chi connectivity index (χ4n) is 2.52. The number of ether oxygens (including phenoxy) is 2. The number of piperidine rings is 1. The minimum absolute atomic E-state index is 0.00196. The second-order valence-electron chi connectivity index (χ2n) is 6.70. The number of hydrogen-bond acceptors (Lipinski definition) is 6. The van der Waals surface area contributed by atoms with Crippen molar-refractivity contribution in [3.8, 4) is 6.01 Å². The van der Waals surface area contributed by atoms with Crippen LogP contribution in [0.3, 0.4) is 0 Å². The molecule has 1 aromatic rings. The monoisotopic (exact) mass is 356 g/mol. The van der Waals surface area contributed by atoms with E-state index in [1.165, 1.54) is 0 Å². The zero-order valence-corrected chi connectivity index (χ0v) is 15.4. The lowest BCUT2D eigenvalue weighted by Gasteiger charge is -2.34. The number of carbonyl (C=O) groups is 1. The molecule has 0 saturated carbocycles. The summed E-state index contributed by atoms with van der Waals surface area (Å²) in [6, 6.07) is 1.97. The van der Waals surface area contributed by atoms with Gasteiger partial charge in [0, 0.05) is 25.2 Å². The van der Waals surface area contributed by atoms with Crippen LogP contribution >= 0.6 is 11.6 Å². The molecule has 2 rings (SSSR count). The van der Waals surface area contributed by atoms with E-state index >= 15 is 0 Å². The summed E-state index contributed by atoms with van der Waals surface area (Å²) in [5.41, 5.74) is -0.509. The number of hydrogen-bond donors (Lipinski definition) is 1. The maximum atomic E-state index is 11.9. The Hall–Kier alpha value is -1.76. The van der Waals surface area contributed by atoms with E-state index in [0.717, 1.165) is 19.4 Å². The van der Waals surface area contributed by atoms with Gasteiger partial charge in [-0.05, 0) is 40.5 Å². The summed E-state index contributed by atoms with van der Waals surface area (Å²) in [5.74, 6) is 0.703. The van der Waals surface area contributed by atoms with Gasteiger partial charge in [-0.2, -0.15) is 9.97 Å². The molecule has 2 heterocycles. The van der Waals surface area contributed by atoms with Crippen LogP contribution in [0.5, 0.6) is 6.01 Å². The van der Waals surface area contributed by atoms with E-state index in [4.69, 9.17) is 21.1 Å². The van der Waals surface area contributed by atoms with Crippen LogP contribution in [0.1, 0.15) is 40.5 Å². The van der Waals surface area contributed by atoms with Gasteiger partial charge in [0.1, 0.15) is 16.6 Å². The number of carbonyl (C=O) groups excluding carboxylic acids is 1. The molecule has 0 spiro atoms. The van der Waals surface area contributed by atoms with Gasteiger partial charge >= 0.3 is 12.1 Å². The Morgan fingerprint density at radius 3 is 2.88 bits per heavy atom. The van der Waals surface area contributed by atoms with Crippen molar-refractivity contribution in [3.63, 3.8) is 0 Å². The highest BCUT2D eigenvalue weighted by molar-refractivity contribution is 6.29. The number of anilines is 1. The second kappa shape index (κ2) is 7.88. The van der Waals surface area contributed by atoms with Crippen LogP contribution in [-0.4, -0.2) is 47.4 Å². The van der Waals surface area contributed by atoms with E-state index in [0.29, 0.717) is 24.1 Å². The Morgan fingerprint density at radius 2 is 2.21 bits per heavy atom. The summed E-state index contributed by atoms with van der Waals surface area (Å²) in [6.45, 7) is 9.35. The molecule has 1 N–H and O–H groups in total. The molecule has 0 aliphatic carbocycles. The highest BCUT2D eigenvalue weighted by Gasteiger charge is 2.25. The van der Waals surface area contributed by atoms with Gasteiger partial charge in [0.05, 0.1) is 6.61 Å². The van der Waals surface area contributed by atoms with E-state index in [1.54, 1.807) is 6.07 Å². The Bertz CT molecular complexity index is 577. The molecule has 1 aromatic heterocycles. The highest BCUT2D eigenvalue weighted by atomic mass is 35.5. The first-order valence-electron chi connectivity index (χ1n) is 8.18. The summed E-state index contributed by atoms with van der Waals surface area (Å²) in [4.78, 5) is 22.4. The lowest BCUT2D eigenvalue weighted by molar-refractivity contribution is 0.0500. The number of aromatic nitrogens is 2. The average Bonchev–Trinajstić information content (AvgIpc) is 2.45. The van der Waals surface area contributed by atoms with Crippen molar-refractivity contribution in [2.75, 3.05) is 24.6 Å². The van der Waals surface area contributed by atoms with Crippen molar-refractivity contribution in [1.29, 1.82) is 0 Å². The molecule has 1 unspecified atom stereocenters. The third-order valence-electron chi connectivity index (χ3n) is 3.40. The van der Waals surface area contributed by atoms with Crippen LogP contribution in [0, 0.1) is 0 Å². The molecule has 7 nitrogen and oxygen atoms in total. The fourth-order valence-corrected chi connectivity index (χ4v) is 2.69. The van der Waals surface area contributed by atoms with E-state index in [1.807, 2.05) is 27.7 Å². The van der Waals surface area contributed by atoms with Gasteiger partial charge in [-0.3, -0.25) is 0 Å². The number of amides is 1. The Labute approximate surface area is 147 Å². The smallest absolute Gasteiger partial charge is 0.407 e. The average molecular weight is 357 g/mol. The molecule has 1 aliphatic heterocycles. The summed E-state index contributed by atoms with van der Waals surface area (Å²) in [5, 5.41) is 3.26. The van der Waals surface area contributed by atoms with Crippen LogP contribution in [0.15, 0.2) is 6.07 Å². The first kappa shape index (κ1) is 18.6. The third-order valence-corrected chi connectivity index (χ3v) is 3.59. The molecule has 1 aliphatic rings. The van der Waals surface area contributed by atoms with E-state index in [2.05, 4.69) is 20.2 Å². The molecule has 1 amide bonds. The molecule has 24 heavy (non-hydrogen) atoms. The van der Waals surface area contributed by atoms with Crippen LogP contribution in [0.2, 0.25) is 5.15 Å². The van der Waals surface area contributed by atoms with Crippen molar-refractivity contribution in [2.24, 2.45) is 0 Å². The largest absolute Gasteiger partial charge is 0.464 e. The molecule has 0 bridgehead atoms. The SMILES string of the molecule is CCOc1nc(Cl)cc(N2CCCC(NC(=O)OC(C)(C)C)C2)n1. The van der Waals surface area contributed by atoms with Crippen LogP contribution in [-0.2, 0) is 4.74 Å². The number of halogens is 1. The van der Waals surface area contributed by atoms with Crippen LogP contribution < -0.4 is 15.0 Å². The summed E-state index contributed by atoms with van der Waals surface area (Å²) in [6.07, 6.45) is 1.43. The predicted molar refractivity (Wildman–Crippen MR) is 92.8 cm³/mol. The maximum Gasteiger partial charge on any atom is 0.407 e. The van der Waals surface area contributed by atoms with E-state index in [9.17, 15) is 4.79 Å². The fraction of sp³-hybridized carbons (Fsp3) is 0.688. The topological polar surface area (TPSA) is 76.6 Å². The first-order valence-corrected chi connectivity index (χ1v) is 8.56. The van der Waals surface area contributed by atoms with Gasteiger partial charge in [-0.25, -0.2) is 4.79 Å². The molecule has 1 atom stereocenters. The van der Waals surface area contributed by atoms with Gasteiger partial charge in [-0.1, -0.05) is 11.6 Å². The lowest BCUT2D eigenvalue weighted by Crippen LogP contribution is -2.49. The predicted octanol–water partition coefficient (Wildman–Crippen LogP) is 3.02. The standard InChI is InChI=1S/C16H25ClN4O3/c1-5-23-14-19-12(17)9-13(20-14)21-8-6-7-11(10-21)18-15(22)24-16(2,3)4/h9,11H,5-8,10H2,1-4H3,(H,18,22). The van der Waals surface area contributed by atoms with Crippen LogP contribution in [0.4, 0.5) is 10.6 Å². The van der Waals surface area contributed by atoms with Crippen molar-refractivity contribution in [2.45, 2.75) is 52.2 Å². The quantitative estimate of drug-likeness (QED) is 0.835. The Morgan fingerprint density at radius 1 is 1.46 bits per heavy atom. The van der Waals surface area contributed by atoms with Crippen LogP contribution in [0.25, 0.3) is 0 Å². The van der Waals surface area contributed by atoms with E-state index in [-0.39, 0.29) is 12.1 Å². The summed E-state index contributed by atoms with van der Waals surface area (Å²) in [7, 11) is 0. The molecule has 134 valence electrons. The Balaban J connectivity index is 2.01. The van der Waals surface area contributed by atoms with Gasteiger partial charge < -0.3 is 19.7 Å². The van der Waals surface area contributed by atoms with E-state index < -0.39 is 11.7 Å². The zero-order chi connectivity index (χ0) is 17.7. The number of rotatable bonds is 4. The minimum atomic E-state index is -0.509. The highest BCUT2D eigenvalue weighted by Crippen LogP contribution is 2.23. The van der Waals surface area contributed by atoms with Crippen molar-refractivity contribution < 1.29 is 14.3 Å². The molecule has 1 saturated heterocycles. The van der Waals surface area contributed by atoms with Crippen molar-refractivity contribution >= 4 is 23.5 Å². The second-order valence-corrected chi connectivity index (χ2v) is 7.08. The number of alkyl carbamates (subject to hydrolysis) is 1.